The Kier molecular flexibility index (Phi) is 4.77. The molecule has 0 aliphatic carbocycles. The van der Waals surface area contributed by atoms with Gasteiger partial charge in [0.25, 0.3) is 0 Å². The van der Waals surface area contributed by atoms with Crippen molar-refractivity contribution in [2.24, 2.45) is 5.73 Å². The van der Waals surface area contributed by atoms with Crippen LogP contribution >= 0.6 is 0 Å². The Labute approximate surface area is 109 Å². The number of rotatable bonds is 7. The first kappa shape index (κ1) is 14.8. The topological polar surface area (TPSA) is 118 Å². The Morgan fingerprint density at radius 1 is 1.11 bits per heavy atom. The summed E-state index contributed by atoms with van der Waals surface area (Å²) < 4.78 is 0. The van der Waals surface area contributed by atoms with Crippen molar-refractivity contribution in [1.82, 2.24) is 0 Å². The van der Waals surface area contributed by atoms with Gasteiger partial charge in [-0.25, -0.2) is 0 Å². The highest BCUT2D eigenvalue weighted by Crippen LogP contribution is 2.18. The van der Waals surface area contributed by atoms with Crippen LogP contribution in [0.4, 0.5) is 0 Å². The van der Waals surface area contributed by atoms with Gasteiger partial charge in [-0.15, -0.1) is 0 Å². The van der Waals surface area contributed by atoms with E-state index in [1.807, 2.05) is 0 Å². The normalized spacial score (nSPS) is 13.5. The molecule has 0 spiro atoms. The molecule has 0 saturated carbocycles. The maximum Gasteiger partial charge on any atom is 0.324 e. The van der Waals surface area contributed by atoms with Crippen molar-refractivity contribution in [1.29, 1.82) is 0 Å². The third kappa shape index (κ3) is 4.18. The molecule has 6 heteroatoms. The molecule has 0 bridgehead atoms. The molecule has 4 N–H and O–H groups in total. The van der Waals surface area contributed by atoms with Gasteiger partial charge in [-0.1, -0.05) is 30.3 Å². The smallest absolute Gasteiger partial charge is 0.324 e. The summed E-state index contributed by atoms with van der Waals surface area (Å²) in [6.07, 6.45) is -1.12. The Balaban J connectivity index is 2.81. The summed E-state index contributed by atoms with van der Waals surface area (Å²) in [5.41, 5.74) is 4.14. The van der Waals surface area contributed by atoms with E-state index in [1.54, 1.807) is 30.3 Å². The predicted octanol–water partition coefficient (Wildman–Crippen LogP) is 0.906. The average Bonchev–Trinajstić information content (AvgIpc) is 2.37. The van der Waals surface area contributed by atoms with E-state index in [0.29, 0.717) is 5.56 Å². The highest BCUT2D eigenvalue weighted by atomic mass is 16.4. The average molecular weight is 265 g/mol. The van der Waals surface area contributed by atoms with Gasteiger partial charge in [-0.05, 0) is 6.42 Å². The number of carbonyl (C=O) groups is 3. The largest absolute Gasteiger partial charge is 0.481 e. The van der Waals surface area contributed by atoms with Crippen LogP contribution in [0.5, 0.6) is 0 Å². The highest BCUT2D eigenvalue weighted by Gasteiger charge is 2.36. The van der Waals surface area contributed by atoms with Crippen molar-refractivity contribution < 1.29 is 24.6 Å². The molecule has 0 aliphatic heterocycles. The van der Waals surface area contributed by atoms with Crippen molar-refractivity contribution in [3.05, 3.63) is 35.9 Å². The first-order valence-corrected chi connectivity index (χ1v) is 5.67. The molecule has 0 radical (unpaired) electrons. The van der Waals surface area contributed by atoms with Gasteiger partial charge in [-0.3, -0.25) is 14.4 Å². The van der Waals surface area contributed by atoms with Crippen molar-refractivity contribution in [3.8, 4) is 0 Å². The lowest BCUT2D eigenvalue weighted by atomic mass is 9.87. The molecule has 19 heavy (non-hydrogen) atoms. The van der Waals surface area contributed by atoms with E-state index in [1.165, 1.54) is 0 Å². The summed E-state index contributed by atoms with van der Waals surface area (Å²) in [5.74, 6) is -2.95. The molecule has 1 rings (SSSR count). The van der Waals surface area contributed by atoms with Crippen LogP contribution in [0.15, 0.2) is 30.3 Å². The number of carboxylic acid groups (broad SMARTS) is 2. The van der Waals surface area contributed by atoms with E-state index >= 15 is 0 Å². The van der Waals surface area contributed by atoms with Gasteiger partial charge in [-0.2, -0.15) is 0 Å². The second-order valence-corrected chi connectivity index (χ2v) is 4.32. The number of carbonyl (C=O) groups excluding carboxylic acids is 1. The summed E-state index contributed by atoms with van der Waals surface area (Å²) >= 11 is 0. The fourth-order valence-electron chi connectivity index (χ4n) is 1.61. The third-order valence-corrected chi connectivity index (χ3v) is 2.78. The van der Waals surface area contributed by atoms with Crippen LogP contribution in [0.3, 0.4) is 0 Å². The molecule has 0 aromatic heterocycles. The van der Waals surface area contributed by atoms with E-state index in [0.717, 1.165) is 0 Å². The lowest BCUT2D eigenvalue weighted by molar-refractivity contribution is -0.144. The molecule has 102 valence electrons. The van der Waals surface area contributed by atoms with E-state index in [-0.39, 0.29) is 6.42 Å². The molecule has 1 unspecified atom stereocenters. The van der Waals surface area contributed by atoms with Crippen LogP contribution in [-0.2, 0) is 9.59 Å². The maximum atomic E-state index is 11.9. The van der Waals surface area contributed by atoms with E-state index < -0.39 is 36.1 Å². The van der Waals surface area contributed by atoms with Gasteiger partial charge >= 0.3 is 11.9 Å². The first-order chi connectivity index (χ1) is 8.85. The monoisotopic (exact) mass is 265 g/mol. The predicted molar refractivity (Wildman–Crippen MR) is 66.8 cm³/mol. The molecular weight excluding hydrogens is 250 g/mol. The van der Waals surface area contributed by atoms with Gasteiger partial charge < -0.3 is 15.9 Å². The SMILES string of the molecule is NC(CCC(=O)O)(CC(=O)c1ccccc1)C(=O)O. The molecule has 1 atom stereocenters. The zero-order valence-corrected chi connectivity index (χ0v) is 10.2. The third-order valence-electron chi connectivity index (χ3n) is 2.78. The minimum absolute atomic E-state index is 0.295. The Bertz CT molecular complexity index is 485. The number of Topliss-reactive ketones (excluding diaryl/α,β-unsaturated/α-hetero) is 1. The summed E-state index contributed by atoms with van der Waals surface area (Å²) in [6, 6.07) is 8.16. The van der Waals surface area contributed by atoms with Crippen LogP contribution in [0.1, 0.15) is 29.6 Å². The zero-order chi connectivity index (χ0) is 14.5. The maximum absolute atomic E-state index is 11.9. The van der Waals surface area contributed by atoms with E-state index in [2.05, 4.69) is 0 Å². The second-order valence-electron chi connectivity index (χ2n) is 4.32. The molecule has 0 aliphatic rings. The standard InChI is InChI=1S/C13H15NO5/c14-13(12(18)19,7-6-11(16)17)8-10(15)9-4-2-1-3-5-9/h1-5H,6-8,14H2,(H,16,17)(H,18,19). The fourth-order valence-corrected chi connectivity index (χ4v) is 1.61. The van der Waals surface area contributed by atoms with E-state index in [9.17, 15) is 14.4 Å². The summed E-state index contributed by atoms with van der Waals surface area (Å²) in [6.45, 7) is 0. The van der Waals surface area contributed by atoms with Crippen molar-refractivity contribution in [3.63, 3.8) is 0 Å². The summed E-state index contributed by atoms with van der Waals surface area (Å²) in [4.78, 5) is 33.5. The van der Waals surface area contributed by atoms with Gasteiger partial charge in [0.15, 0.2) is 5.78 Å². The number of carboxylic acids is 2. The molecular formula is C13H15NO5. The molecule has 1 aromatic rings. The quantitative estimate of drug-likeness (QED) is 0.630. The molecule has 0 saturated heterocycles. The number of aliphatic carboxylic acids is 2. The summed E-state index contributed by atoms with van der Waals surface area (Å²) in [7, 11) is 0. The van der Waals surface area contributed by atoms with Crippen molar-refractivity contribution in [2.45, 2.75) is 24.8 Å². The fraction of sp³-hybridized carbons (Fsp3) is 0.308. The lowest BCUT2D eigenvalue weighted by Crippen LogP contribution is -2.49. The van der Waals surface area contributed by atoms with Crippen LogP contribution in [0.25, 0.3) is 0 Å². The van der Waals surface area contributed by atoms with Gasteiger partial charge in [0, 0.05) is 18.4 Å². The van der Waals surface area contributed by atoms with E-state index in [4.69, 9.17) is 15.9 Å². The first-order valence-electron chi connectivity index (χ1n) is 5.67. The molecule has 0 fully saturated rings. The summed E-state index contributed by atoms with van der Waals surface area (Å²) in [5, 5.41) is 17.6. The molecule has 0 heterocycles. The van der Waals surface area contributed by atoms with Gasteiger partial charge in [0.2, 0.25) is 0 Å². The minimum Gasteiger partial charge on any atom is -0.481 e. The highest BCUT2D eigenvalue weighted by molar-refractivity contribution is 6.00. The Morgan fingerprint density at radius 3 is 2.16 bits per heavy atom. The van der Waals surface area contributed by atoms with Crippen LogP contribution in [0.2, 0.25) is 0 Å². The number of hydrogen-bond acceptors (Lipinski definition) is 4. The molecule has 1 aromatic carbocycles. The Morgan fingerprint density at radius 2 is 1.68 bits per heavy atom. The van der Waals surface area contributed by atoms with Crippen LogP contribution in [0, 0.1) is 0 Å². The minimum atomic E-state index is -1.86. The molecule has 6 nitrogen and oxygen atoms in total. The molecule has 0 amide bonds. The number of hydrogen-bond donors (Lipinski definition) is 3. The Hall–Kier alpha value is -2.21. The van der Waals surface area contributed by atoms with Crippen molar-refractivity contribution >= 4 is 17.7 Å². The lowest BCUT2D eigenvalue weighted by Gasteiger charge is -2.23. The number of ketones is 1. The van der Waals surface area contributed by atoms with Crippen molar-refractivity contribution in [2.75, 3.05) is 0 Å². The van der Waals surface area contributed by atoms with Crippen LogP contribution < -0.4 is 5.73 Å². The number of benzene rings is 1. The van der Waals surface area contributed by atoms with Gasteiger partial charge in [0.05, 0.1) is 0 Å². The van der Waals surface area contributed by atoms with Gasteiger partial charge in [0.1, 0.15) is 5.54 Å². The number of nitrogens with two attached hydrogens (primary N) is 1. The zero-order valence-electron chi connectivity index (χ0n) is 10.2. The second kappa shape index (κ2) is 6.10. The van der Waals surface area contributed by atoms with Crippen LogP contribution in [-0.4, -0.2) is 33.5 Å².